The first-order valence-corrected chi connectivity index (χ1v) is 13.8. The van der Waals surface area contributed by atoms with Crippen molar-refractivity contribution >= 4 is 23.1 Å². The zero-order valence-corrected chi connectivity index (χ0v) is 21.7. The van der Waals surface area contributed by atoms with E-state index in [0.717, 1.165) is 25.7 Å². The van der Waals surface area contributed by atoms with Crippen LogP contribution in [0.1, 0.15) is 142 Å². The first kappa shape index (κ1) is 31.6. The van der Waals surface area contributed by atoms with Gasteiger partial charge in [0.05, 0.1) is 0 Å². The number of hydrogen-bond donors (Lipinski definition) is 1. The van der Waals surface area contributed by atoms with Gasteiger partial charge in [0.2, 0.25) is 0 Å². The van der Waals surface area contributed by atoms with Gasteiger partial charge in [0.1, 0.15) is 23.1 Å². The highest BCUT2D eigenvalue weighted by atomic mass is 16.1. The van der Waals surface area contributed by atoms with Crippen molar-refractivity contribution in [2.75, 3.05) is 13.1 Å². The van der Waals surface area contributed by atoms with Gasteiger partial charge in [0.25, 0.3) is 0 Å². The van der Waals surface area contributed by atoms with E-state index in [1.807, 2.05) is 0 Å². The van der Waals surface area contributed by atoms with Gasteiger partial charge in [0, 0.05) is 64.5 Å². The summed E-state index contributed by atoms with van der Waals surface area (Å²) in [7, 11) is 0. The molecule has 0 heterocycles. The zero-order chi connectivity index (χ0) is 24.6. The molecule has 0 amide bonds. The van der Waals surface area contributed by atoms with Crippen LogP contribution in [0.2, 0.25) is 0 Å². The second-order valence-corrected chi connectivity index (χ2v) is 9.44. The van der Waals surface area contributed by atoms with Crippen molar-refractivity contribution in [3.63, 3.8) is 0 Å². The fraction of sp³-hybridized carbons (Fsp3) is 0.857. The summed E-state index contributed by atoms with van der Waals surface area (Å²) in [5.74, 6) is 0.600. The summed E-state index contributed by atoms with van der Waals surface area (Å²) < 4.78 is 0. The predicted molar refractivity (Wildman–Crippen MR) is 137 cm³/mol. The maximum absolute atomic E-state index is 11.9. The summed E-state index contributed by atoms with van der Waals surface area (Å²) in [5, 5.41) is 3.13. The Labute approximate surface area is 203 Å². The van der Waals surface area contributed by atoms with Crippen LogP contribution in [-0.2, 0) is 19.2 Å². The summed E-state index contributed by atoms with van der Waals surface area (Å²) in [4.78, 5) is 47.6. The van der Waals surface area contributed by atoms with Crippen LogP contribution in [0.4, 0.5) is 0 Å². The smallest absolute Gasteiger partial charge is 0.134 e. The molecule has 0 saturated heterocycles. The number of Topliss-reactive ketones (excluding diaryl/α,β-unsaturated/α-hetero) is 4. The van der Waals surface area contributed by atoms with Crippen LogP contribution in [0.25, 0.3) is 0 Å². The van der Waals surface area contributed by atoms with Crippen LogP contribution in [0.15, 0.2) is 0 Å². The molecule has 0 fully saturated rings. The molecule has 5 nitrogen and oxygen atoms in total. The lowest BCUT2D eigenvalue weighted by atomic mass is 10.0. The fourth-order valence-electron chi connectivity index (χ4n) is 3.84. The molecule has 0 aromatic rings. The van der Waals surface area contributed by atoms with Gasteiger partial charge >= 0.3 is 0 Å². The van der Waals surface area contributed by atoms with Crippen LogP contribution in [0.5, 0.6) is 0 Å². The lowest BCUT2D eigenvalue weighted by Gasteiger charge is -2.05. The molecule has 0 rings (SSSR count). The molecule has 0 atom stereocenters. The zero-order valence-electron chi connectivity index (χ0n) is 21.7. The standard InChI is InChI=1S/C28H51NO4/c1-3-5-7-9-11-13-15-25(30)17-19-27(32)21-23-29-24-22-28(33)20-18-26(31)16-14-12-10-8-6-4-2/h29H,3-24H2,1-2H3. The molecule has 1 N–H and O–H groups in total. The van der Waals surface area contributed by atoms with Gasteiger partial charge in [0.15, 0.2) is 0 Å². The summed E-state index contributed by atoms with van der Waals surface area (Å²) in [6, 6.07) is 0. The molecule has 0 aliphatic heterocycles. The molecule has 0 aromatic carbocycles. The van der Waals surface area contributed by atoms with Crippen LogP contribution in [-0.4, -0.2) is 36.2 Å². The molecule has 0 aliphatic rings. The van der Waals surface area contributed by atoms with Gasteiger partial charge in [-0.2, -0.15) is 0 Å². The Morgan fingerprint density at radius 1 is 0.394 bits per heavy atom. The lowest BCUT2D eigenvalue weighted by molar-refractivity contribution is -0.124. The van der Waals surface area contributed by atoms with Crippen molar-refractivity contribution in [3.05, 3.63) is 0 Å². The largest absolute Gasteiger partial charge is 0.316 e. The van der Waals surface area contributed by atoms with E-state index < -0.39 is 0 Å². The Morgan fingerprint density at radius 2 is 0.697 bits per heavy atom. The third kappa shape index (κ3) is 23.6. The van der Waals surface area contributed by atoms with Gasteiger partial charge in [-0.25, -0.2) is 0 Å². The Hall–Kier alpha value is -1.36. The van der Waals surface area contributed by atoms with Gasteiger partial charge in [-0.05, 0) is 12.8 Å². The number of ketones is 4. The minimum Gasteiger partial charge on any atom is -0.316 e. The average Bonchev–Trinajstić information content (AvgIpc) is 2.80. The molecule has 0 spiro atoms. The maximum atomic E-state index is 11.9. The molecule has 0 saturated carbocycles. The van der Waals surface area contributed by atoms with Gasteiger partial charge < -0.3 is 5.32 Å². The maximum Gasteiger partial charge on any atom is 0.134 e. The van der Waals surface area contributed by atoms with Gasteiger partial charge in [-0.15, -0.1) is 0 Å². The van der Waals surface area contributed by atoms with Crippen LogP contribution in [0, 0.1) is 0 Å². The van der Waals surface area contributed by atoms with Gasteiger partial charge in [-0.1, -0.05) is 78.1 Å². The van der Waals surface area contributed by atoms with E-state index in [2.05, 4.69) is 19.2 Å². The molecular formula is C28H51NO4. The minimum atomic E-state index is 0.102. The van der Waals surface area contributed by atoms with Crippen molar-refractivity contribution in [2.45, 2.75) is 142 Å². The Morgan fingerprint density at radius 3 is 1.06 bits per heavy atom. The van der Waals surface area contributed by atoms with Crippen molar-refractivity contribution in [2.24, 2.45) is 0 Å². The van der Waals surface area contributed by atoms with E-state index in [-0.39, 0.29) is 23.1 Å². The highest BCUT2D eigenvalue weighted by molar-refractivity contribution is 5.86. The lowest BCUT2D eigenvalue weighted by Crippen LogP contribution is -2.22. The quantitative estimate of drug-likeness (QED) is 0.144. The third-order valence-electron chi connectivity index (χ3n) is 6.14. The summed E-state index contributed by atoms with van der Waals surface area (Å²) >= 11 is 0. The van der Waals surface area contributed by atoms with E-state index in [9.17, 15) is 19.2 Å². The highest BCUT2D eigenvalue weighted by Gasteiger charge is 2.09. The Kier molecular flexibility index (Phi) is 22.8. The topological polar surface area (TPSA) is 80.3 Å². The molecule has 33 heavy (non-hydrogen) atoms. The third-order valence-corrected chi connectivity index (χ3v) is 6.14. The van der Waals surface area contributed by atoms with Gasteiger partial charge in [-0.3, -0.25) is 19.2 Å². The van der Waals surface area contributed by atoms with E-state index in [4.69, 9.17) is 0 Å². The van der Waals surface area contributed by atoms with Crippen LogP contribution < -0.4 is 5.32 Å². The van der Waals surface area contributed by atoms with E-state index in [1.54, 1.807) is 0 Å². The molecule has 0 radical (unpaired) electrons. The first-order valence-electron chi connectivity index (χ1n) is 13.8. The number of carbonyl (C=O) groups is 4. The number of rotatable bonds is 26. The molecule has 5 heteroatoms. The minimum absolute atomic E-state index is 0.102. The summed E-state index contributed by atoms with van der Waals surface area (Å²) in [5.41, 5.74) is 0. The predicted octanol–water partition coefficient (Wildman–Crippen LogP) is 6.69. The van der Waals surface area contributed by atoms with Crippen molar-refractivity contribution < 1.29 is 19.2 Å². The Balaban J connectivity index is 3.54. The van der Waals surface area contributed by atoms with E-state index in [1.165, 1.54) is 51.4 Å². The SMILES string of the molecule is CCCCCCCCC(=O)CCC(=O)CCNCCC(=O)CCC(=O)CCCCCCCC. The molecule has 0 aliphatic carbocycles. The Bertz CT molecular complexity index is 484. The van der Waals surface area contributed by atoms with E-state index in [0.29, 0.717) is 64.5 Å². The molecule has 0 unspecified atom stereocenters. The molecular weight excluding hydrogens is 414 g/mol. The molecule has 192 valence electrons. The second kappa shape index (κ2) is 23.8. The van der Waals surface area contributed by atoms with Crippen LogP contribution in [0.3, 0.4) is 0 Å². The highest BCUT2D eigenvalue weighted by Crippen LogP contribution is 2.10. The second-order valence-electron chi connectivity index (χ2n) is 9.44. The fourth-order valence-corrected chi connectivity index (χ4v) is 3.84. The average molecular weight is 466 g/mol. The monoisotopic (exact) mass is 465 g/mol. The molecule has 0 bridgehead atoms. The van der Waals surface area contributed by atoms with Crippen molar-refractivity contribution in [1.82, 2.24) is 5.32 Å². The van der Waals surface area contributed by atoms with E-state index >= 15 is 0 Å². The number of unbranched alkanes of at least 4 members (excludes halogenated alkanes) is 10. The summed E-state index contributed by atoms with van der Waals surface area (Å²) in [6.45, 7) is 5.46. The summed E-state index contributed by atoms with van der Waals surface area (Å²) in [6.07, 6.45) is 17.4. The van der Waals surface area contributed by atoms with Crippen molar-refractivity contribution in [1.29, 1.82) is 0 Å². The molecule has 0 aromatic heterocycles. The normalized spacial score (nSPS) is 11.0. The number of carbonyl (C=O) groups excluding carboxylic acids is 4. The first-order chi connectivity index (χ1) is 16.0. The van der Waals surface area contributed by atoms with Crippen molar-refractivity contribution in [3.8, 4) is 0 Å². The number of nitrogens with one attached hydrogen (secondary N) is 1. The van der Waals surface area contributed by atoms with Crippen LogP contribution >= 0.6 is 0 Å². The number of hydrogen-bond acceptors (Lipinski definition) is 5.